The molecule has 0 radical (unpaired) electrons. The van der Waals surface area contributed by atoms with Gasteiger partial charge in [0.2, 0.25) is 59.1 Å². The molecule has 10 atom stereocenters. The van der Waals surface area contributed by atoms with Crippen LogP contribution in [0.1, 0.15) is 105 Å². The lowest BCUT2D eigenvalue weighted by Crippen LogP contribution is -2.61. The average molecular weight is 986 g/mol. The molecular formula is C43H79N13O13. The molecule has 1 saturated heterocycles. The van der Waals surface area contributed by atoms with Gasteiger partial charge in [0.25, 0.3) is 0 Å². The smallest absolute Gasteiger partial charge is 0.245 e. The van der Waals surface area contributed by atoms with Crippen molar-refractivity contribution in [2.75, 3.05) is 39.3 Å². The van der Waals surface area contributed by atoms with E-state index in [4.69, 9.17) is 17.2 Å². The van der Waals surface area contributed by atoms with Crippen LogP contribution in [-0.4, -0.2) is 174 Å². The number of hydrogen-bond donors (Lipinski definition) is 16. The molecule has 19 N–H and O–H groups in total. The third-order valence-electron chi connectivity index (χ3n) is 10.9. The normalized spacial score (nSPS) is 23.6. The van der Waals surface area contributed by atoms with Gasteiger partial charge in [0, 0.05) is 13.0 Å². The Balaban J connectivity index is 3.60. The first kappa shape index (κ1) is 61.5. The van der Waals surface area contributed by atoms with Crippen LogP contribution < -0.4 is 70.4 Å². The van der Waals surface area contributed by atoms with Crippen molar-refractivity contribution in [3.63, 3.8) is 0 Å². The van der Waals surface area contributed by atoms with Crippen molar-refractivity contribution in [3.8, 4) is 0 Å². The molecule has 0 aromatic heterocycles. The lowest BCUT2D eigenvalue weighted by atomic mass is 10.0. The molecule has 0 aliphatic carbocycles. The molecule has 10 amide bonds. The number of carbonyl (C=O) groups is 10. The molecule has 1 aliphatic heterocycles. The first-order valence-corrected chi connectivity index (χ1v) is 23.7. The lowest BCUT2D eigenvalue weighted by Gasteiger charge is -2.27. The summed E-state index contributed by atoms with van der Waals surface area (Å²) < 4.78 is 0. The van der Waals surface area contributed by atoms with Crippen LogP contribution in [0.4, 0.5) is 0 Å². The minimum Gasteiger partial charge on any atom is -0.394 e. The Hall–Kier alpha value is -5.54. The molecule has 26 heteroatoms. The fourth-order valence-electron chi connectivity index (χ4n) is 7.01. The molecule has 69 heavy (non-hydrogen) atoms. The Kier molecular flexibility index (Phi) is 29.5. The summed E-state index contributed by atoms with van der Waals surface area (Å²) in [5.74, 6) is -9.20. The van der Waals surface area contributed by atoms with Crippen LogP contribution in [0.2, 0.25) is 0 Å². The van der Waals surface area contributed by atoms with Gasteiger partial charge in [-0.05, 0) is 77.9 Å². The number of hydrogen-bond acceptors (Lipinski definition) is 16. The number of rotatable bonds is 22. The van der Waals surface area contributed by atoms with E-state index >= 15 is 0 Å². The first-order chi connectivity index (χ1) is 32.6. The fraction of sp³-hybridized carbons (Fsp3) is 0.767. The van der Waals surface area contributed by atoms with Gasteiger partial charge >= 0.3 is 0 Å². The summed E-state index contributed by atoms with van der Waals surface area (Å²) in [4.78, 5) is 134. The second-order valence-electron chi connectivity index (χ2n) is 17.4. The molecule has 0 bridgehead atoms. The molecule has 0 aromatic rings. The number of aliphatic hydroxyl groups is 3. The highest BCUT2D eigenvalue weighted by molar-refractivity contribution is 5.98. The van der Waals surface area contributed by atoms with Crippen molar-refractivity contribution in [2.45, 2.75) is 166 Å². The highest BCUT2D eigenvalue weighted by atomic mass is 16.3. The Morgan fingerprint density at radius 3 is 1.71 bits per heavy atom. The van der Waals surface area contributed by atoms with Crippen LogP contribution in [0, 0.1) is 5.92 Å². The molecule has 1 rings (SSSR count). The molecule has 0 aromatic carbocycles. The zero-order chi connectivity index (χ0) is 52.2. The number of unbranched alkanes of at least 4 members (excludes halogenated alkanes) is 4. The van der Waals surface area contributed by atoms with Crippen LogP contribution in [0.15, 0.2) is 0 Å². The van der Waals surface area contributed by atoms with E-state index < -0.39 is 146 Å². The van der Waals surface area contributed by atoms with Crippen molar-refractivity contribution >= 4 is 59.1 Å². The van der Waals surface area contributed by atoms with E-state index in [0.29, 0.717) is 6.42 Å². The van der Waals surface area contributed by atoms with Crippen molar-refractivity contribution in [2.24, 2.45) is 23.1 Å². The highest BCUT2D eigenvalue weighted by Crippen LogP contribution is 2.09. The van der Waals surface area contributed by atoms with Gasteiger partial charge in [0.05, 0.1) is 25.4 Å². The summed E-state index contributed by atoms with van der Waals surface area (Å²) in [5.41, 5.74) is 17.3. The van der Waals surface area contributed by atoms with Gasteiger partial charge in [0.1, 0.15) is 48.3 Å². The van der Waals surface area contributed by atoms with Crippen LogP contribution in [0.5, 0.6) is 0 Å². The van der Waals surface area contributed by atoms with E-state index in [1.807, 2.05) is 6.92 Å². The molecule has 26 nitrogen and oxygen atoms in total. The van der Waals surface area contributed by atoms with E-state index in [1.165, 1.54) is 13.8 Å². The monoisotopic (exact) mass is 986 g/mol. The van der Waals surface area contributed by atoms with Crippen LogP contribution >= 0.6 is 0 Å². The van der Waals surface area contributed by atoms with Gasteiger partial charge < -0.3 is 85.7 Å². The van der Waals surface area contributed by atoms with Gasteiger partial charge in [-0.15, -0.1) is 0 Å². The maximum Gasteiger partial charge on any atom is 0.245 e. The minimum atomic E-state index is -1.77. The molecule has 1 heterocycles. The van der Waals surface area contributed by atoms with Gasteiger partial charge in [-0.2, -0.15) is 0 Å². The summed E-state index contributed by atoms with van der Waals surface area (Å²) in [6.07, 6.45) is 0.490. The molecule has 2 unspecified atom stereocenters. The van der Waals surface area contributed by atoms with E-state index in [0.717, 1.165) is 25.7 Å². The largest absolute Gasteiger partial charge is 0.394 e. The highest BCUT2D eigenvalue weighted by Gasteiger charge is 2.35. The predicted octanol–water partition coefficient (Wildman–Crippen LogP) is -6.29. The summed E-state index contributed by atoms with van der Waals surface area (Å²) in [5, 5.41) is 55.4. The SMILES string of the molecule is CCCCCCCC(=O)N[C@H](C(=O)N[C@H](CO)C(=O)N[C@H]1CCNC(=O)[C@H](C(C)O)NC(=O)[C@H](CCN)NC(=O)[C@H](CCN)NC(=O)[C@H](CC(C)C)NC(=O)CNC(=O)[C@H](CCN)NC1=O)C(C)O. The average Bonchev–Trinajstić information content (AvgIpc) is 3.28. The van der Waals surface area contributed by atoms with Gasteiger partial charge in [-0.3, -0.25) is 47.9 Å². The van der Waals surface area contributed by atoms with Crippen LogP contribution in [-0.2, 0) is 47.9 Å². The Bertz CT molecular complexity index is 1700. The van der Waals surface area contributed by atoms with Gasteiger partial charge in [-0.25, -0.2) is 0 Å². The molecule has 1 aliphatic rings. The maximum atomic E-state index is 13.9. The topological polar surface area (TPSA) is 430 Å². The predicted molar refractivity (Wildman–Crippen MR) is 250 cm³/mol. The summed E-state index contributed by atoms with van der Waals surface area (Å²) in [6, 6.07) is -12.0. The number of carbonyl (C=O) groups excluding carboxylic acids is 10. The Morgan fingerprint density at radius 2 is 1.19 bits per heavy atom. The Labute approximate surface area is 403 Å². The zero-order valence-corrected chi connectivity index (χ0v) is 40.5. The lowest BCUT2D eigenvalue weighted by molar-refractivity contribution is -0.136. The number of amides is 10. The maximum absolute atomic E-state index is 13.9. The third kappa shape index (κ3) is 23.1. The van der Waals surface area contributed by atoms with E-state index in [-0.39, 0.29) is 57.7 Å². The summed E-state index contributed by atoms with van der Waals surface area (Å²) >= 11 is 0. The van der Waals surface area contributed by atoms with Crippen LogP contribution in [0.3, 0.4) is 0 Å². The second-order valence-corrected chi connectivity index (χ2v) is 17.4. The van der Waals surface area contributed by atoms with E-state index in [1.54, 1.807) is 13.8 Å². The van der Waals surface area contributed by atoms with E-state index in [9.17, 15) is 63.3 Å². The van der Waals surface area contributed by atoms with E-state index in [2.05, 4.69) is 53.2 Å². The quantitative estimate of drug-likeness (QED) is 0.0449. The molecule has 394 valence electrons. The van der Waals surface area contributed by atoms with Crippen molar-refractivity contribution in [3.05, 3.63) is 0 Å². The first-order valence-electron chi connectivity index (χ1n) is 23.7. The number of nitrogens with one attached hydrogen (secondary N) is 10. The third-order valence-corrected chi connectivity index (χ3v) is 10.9. The van der Waals surface area contributed by atoms with Crippen molar-refractivity contribution in [1.29, 1.82) is 0 Å². The van der Waals surface area contributed by atoms with Crippen molar-refractivity contribution in [1.82, 2.24) is 53.2 Å². The summed E-state index contributed by atoms with van der Waals surface area (Å²) in [7, 11) is 0. The molecule has 0 spiro atoms. The Morgan fingerprint density at radius 1 is 0.652 bits per heavy atom. The fourth-order valence-corrected chi connectivity index (χ4v) is 7.01. The zero-order valence-electron chi connectivity index (χ0n) is 40.5. The van der Waals surface area contributed by atoms with Crippen molar-refractivity contribution < 1.29 is 63.3 Å². The number of nitrogens with two attached hydrogens (primary N) is 3. The number of aliphatic hydroxyl groups excluding tert-OH is 3. The second kappa shape index (κ2) is 33.1. The van der Waals surface area contributed by atoms with Gasteiger partial charge in [-0.1, -0.05) is 46.5 Å². The van der Waals surface area contributed by atoms with Crippen LogP contribution in [0.25, 0.3) is 0 Å². The molecule has 0 saturated carbocycles. The summed E-state index contributed by atoms with van der Waals surface area (Å²) in [6.45, 7) is 5.46. The molecular weight excluding hydrogens is 907 g/mol. The minimum absolute atomic E-state index is 0.0681. The standard InChI is InChI=1S/C43H79N13O13/c1-6-7-8-9-10-11-32(60)55-35(25(5)59)43(69)54-31(22-57)41(67)53-29-15-19-47-42(68)34(24(4)58)56-39(65)28(14-18-46)51-37(63)27(13-17-45)52-40(66)30(20-23(2)3)49-33(61)21-48-36(62)26(12-16-44)50-38(29)64/h23-31,34-35,57-59H,6-22,44-46H2,1-5H3,(H,47,68)(H,48,62)(H,49,61)(H,50,64)(H,51,63)(H,52,66)(H,53,67)(H,54,69)(H,55,60)(H,56,65)/t24?,25?,26-,27-,28-,29-,30-,31+,34-,35-/m0/s1. The van der Waals surface area contributed by atoms with Gasteiger partial charge in [0.15, 0.2) is 0 Å². The molecule has 1 fully saturated rings.